The molecule has 0 amide bonds. The maximum atomic E-state index is 13.6. The first-order valence-corrected chi connectivity index (χ1v) is 6.74. The first-order chi connectivity index (χ1) is 8.00. The van der Waals surface area contributed by atoms with Crippen molar-refractivity contribution in [2.45, 2.75) is 6.92 Å². The summed E-state index contributed by atoms with van der Waals surface area (Å²) in [7, 11) is 0. The highest BCUT2D eigenvalue weighted by Crippen LogP contribution is 2.31. The molecule has 1 nitrogen and oxygen atoms in total. The SMILES string of the molecule is Cc1cc(Br)c(C(=O)c2c(F)cccc2Cl)s1. The zero-order valence-corrected chi connectivity index (χ0v) is 11.9. The molecular formula is C12H7BrClFOS. The predicted octanol–water partition coefficient (Wildman–Crippen LogP) is 4.84. The average Bonchev–Trinajstić information content (AvgIpc) is 2.57. The third-order valence-electron chi connectivity index (χ3n) is 2.21. The standard InChI is InChI=1S/C12H7BrClFOS/c1-6-5-7(13)12(17-6)11(16)10-8(14)3-2-4-9(10)15/h2-5H,1H3. The Bertz CT molecular complexity index is 574. The highest BCUT2D eigenvalue weighted by Gasteiger charge is 2.21. The summed E-state index contributed by atoms with van der Waals surface area (Å²) in [4.78, 5) is 13.6. The van der Waals surface area contributed by atoms with Crippen LogP contribution in [0, 0.1) is 12.7 Å². The molecule has 0 radical (unpaired) electrons. The fourth-order valence-electron chi connectivity index (χ4n) is 1.47. The molecule has 0 N–H and O–H groups in total. The lowest BCUT2D eigenvalue weighted by Gasteiger charge is -2.03. The molecule has 0 fully saturated rings. The summed E-state index contributed by atoms with van der Waals surface area (Å²) in [6, 6.07) is 6.04. The largest absolute Gasteiger partial charge is 0.287 e. The summed E-state index contributed by atoms with van der Waals surface area (Å²) in [6.07, 6.45) is 0. The van der Waals surface area contributed by atoms with Crippen molar-refractivity contribution in [2.75, 3.05) is 0 Å². The third kappa shape index (κ3) is 2.44. The molecular weight excluding hydrogens is 327 g/mol. The number of aryl methyl sites for hydroxylation is 1. The van der Waals surface area contributed by atoms with Crippen LogP contribution in [-0.4, -0.2) is 5.78 Å². The van der Waals surface area contributed by atoms with E-state index in [2.05, 4.69) is 15.9 Å². The number of hydrogen-bond donors (Lipinski definition) is 0. The lowest BCUT2D eigenvalue weighted by Crippen LogP contribution is -2.03. The average molecular weight is 334 g/mol. The number of benzene rings is 1. The number of rotatable bonds is 2. The van der Waals surface area contributed by atoms with Crippen molar-refractivity contribution < 1.29 is 9.18 Å². The number of hydrogen-bond acceptors (Lipinski definition) is 2. The van der Waals surface area contributed by atoms with Crippen LogP contribution in [0.15, 0.2) is 28.7 Å². The Labute approximate surface area is 115 Å². The van der Waals surface area contributed by atoms with Gasteiger partial charge in [-0.25, -0.2) is 4.39 Å². The van der Waals surface area contributed by atoms with E-state index in [0.717, 1.165) is 4.88 Å². The molecule has 1 heterocycles. The van der Waals surface area contributed by atoms with Crippen LogP contribution in [0.3, 0.4) is 0 Å². The summed E-state index contributed by atoms with van der Waals surface area (Å²) in [6.45, 7) is 1.88. The van der Waals surface area contributed by atoms with Crippen molar-refractivity contribution in [3.63, 3.8) is 0 Å². The Morgan fingerprint density at radius 1 is 1.47 bits per heavy atom. The van der Waals surface area contributed by atoms with E-state index in [0.29, 0.717) is 9.35 Å². The number of halogens is 3. The van der Waals surface area contributed by atoms with Crippen molar-refractivity contribution in [3.8, 4) is 0 Å². The number of carbonyl (C=O) groups is 1. The van der Waals surface area contributed by atoms with Gasteiger partial charge in [-0.2, -0.15) is 0 Å². The van der Waals surface area contributed by atoms with E-state index in [1.807, 2.05) is 13.0 Å². The molecule has 1 aromatic heterocycles. The second-order valence-corrected chi connectivity index (χ2v) is 5.98. The molecule has 0 saturated heterocycles. The Kier molecular flexibility index (Phi) is 3.66. The van der Waals surface area contributed by atoms with Gasteiger partial charge in [0.05, 0.1) is 15.5 Å². The van der Waals surface area contributed by atoms with Gasteiger partial charge >= 0.3 is 0 Å². The van der Waals surface area contributed by atoms with Crippen LogP contribution in [0.5, 0.6) is 0 Å². The van der Waals surface area contributed by atoms with E-state index >= 15 is 0 Å². The van der Waals surface area contributed by atoms with Crippen LogP contribution in [-0.2, 0) is 0 Å². The van der Waals surface area contributed by atoms with E-state index in [1.165, 1.54) is 29.5 Å². The minimum absolute atomic E-state index is 0.0725. The second kappa shape index (κ2) is 4.88. The molecule has 2 rings (SSSR count). The van der Waals surface area contributed by atoms with Crippen molar-refractivity contribution in [3.05, 3.63) is 54.9 Å². The van der Waals surface area contributed by atoms with Crippen LogP contribution in [0.4, 0.5) is 4.39 Å². The molecule has 17 heavy (non-hydrogen) atoms. The molecule has 0 aliphatic rings. The molecule has 0 saturated carbocycles. The summed E-state index contributed by atoms with van der Waals surface area (Å²) in [5.41, 5.74) is -0.0725. The van der Waals surface area contributed by atoms with Crippen molar-refractivity contribution in [2.24, 2.45) is 0 Å². The maximum absolute atomic E-state index is 13.6. The normalized spacial score (nSPS) is 10.6. The van der Waals surface area contributed by atoms with E-state index < -0.39 is 11.6 Å². The maximum Gasteiger partial charge on any atom is 0.208 e. The molecule has 0 atom stereocenters. The summed E-state index contributed by atoms with van der Waals surface area (Å²) in [5.74, 6) is -0.987. The Morgan fingerprint density at radius 2 is 2.18 bits per heavy atom. The van der Waals surface area contributed by atoms with Crippen LogP contribution in [0.2, 0.25) is 5.02 Å². The van der Waals surface area contributed by atoms with Gasteiger partial charge in [-0.05, 0) is 41.1 Å². The molecule has 0 unspecified atom stereocenters. The van der Waals surface area contributed by atoms with E-state index in [1.54, 1.807) is 0 Å². The lowest BCUT2D eigenvalue weighted by molar-refractivity contribution is 0.103. The number of thiophene rings is 1. The van der Waals surface area contributed by atoms with Crippen molar-refractivity contribution in [1.82, 2.24) is 0 Å². The molecule has 0 spiro atoms. The highest BCUT2D eigenvalue weighted by atomic mass is 79.9. The highest BCUT2D eigenvalue weighted by molar-refractivity contribution is 9.10. The minimum Gasteiger partial charge on any atom is -0.287 e. The number of carbonyl (C=O) groups excluding carboxylic acids is 1. The van der Waals surface area contributed by atoms with Crippen LogP contribution in [0.1, 0.15) is 20.1 Å². The smallest absolute Gasteiger partial charge is 0.208 e. The van der Waals surface area contributed by atoms with Gasteiger partial charge in [-0.1, -0.05) is 17.7 Å². The molecule has 1 aromatic carbocycles. The van der Waals surface area contributed by atoms with Gasteiger partial charge < -0.3 is 0 Å². The molecule has 0 aliphatic carbocycles. The van der Waals surface area contributed by atoms with Gasteiger partial charge in [0.2, 0.25) is 5.78 Å². The molecule has 5 heteroatoms. The van der Waals surface area contributed by atoms with Gasteiger partial charge in [0.1, 0.15) is 5.82 Å². The summed E-state index contributed by atoms with van der Waals surface area (Å²) < 4.78 is 14.3. The Morgan fingerprint density at radius 3 is 2.71 bits per heavy atom. The third-order valence-corrected chi connectivity index (χ3v) is 4.46. The molecule has 2 aromatic rings. The van der Waals surface area contributed by atoms with Crippen LogP contribution >= 0.6 is 38.9 Å². The predicted molar refractivity (Wildman–Crippen MR) is 71.6 cm³/mol. The van der Waals surface area contributed by atoms with Gasteiger partial charge in [0.15, 0.2) is 0 Å². The van der Waals surface area contributed by atoms with Gasteiger partial charge in [-0.3, -0.25) is 4.79 Å². The van der Waals surface area contributed by atoms with E-state index in [-0.39, 0.29) is 10.6 Å². The van der Waals surface area contributed by atoms with Crippen molar-refractivity contribution in [1.29, 1.82) is 0 Å². The Hall–Kier alpha value is -0.710. The second-order valence-electron chi connectivity index (χ2n) is 3.46. The molecule has 0 bridgehead atoms. The monoisotopic (exact) mass is 332 g/mol. The van der Waals surface area contributed by atoms with Crippen LogP contribution < -0.4 is 0 Å². The molecule has 0 aliphatic heterocycles. The zero-order chi connectivity index (χ0) is 12.6. The first kappa shape index (κ1) is 12.7. The van der Waals surface area contributed by atoms with Gasteiger partial charge in [0, 0.05) is 9.35 Å². The first-order valence-electron chi connectivity index (χ1n) is 4.75. The topological polar surface area (TPSA) is 17.1 Å². The van der Waals surface area contributed by atoms with Gasteiger partial charge in [0.25, 0.3) is 0 Å². The minimum atomic E-state index is -0.597. The molecule has 88 valence electrons. The lowest BCUT2D eigenvalue weighted by atomic mass is 10.1. The quantitative estimate of drug-likeness (QED) is 0.719. The zero-order valence-electron chi connectivity index (χ0n) is 8.76. The van der Waals surface area contributed by atoms with E-state index in [9.17, 15) is 9.18 Å². The Balaban J connectivity index is 2.55. The van der Waals surface area contributed by atoms with Crippen LogP contribution in [0.25, 0.3) is 0 Å². The van der Waals surface area contributed by atoms with E-state index in [4.69, 9.17) is 11.6 Å². The van der Waals surface area contributed by atoms with Crippen molar-refractivity contribution >= 4 is 44.7 Å². The summed E-state index contributed by atoms with van der Waals surface area (Å²) >= 11 is 10.5. The van der Waals surface area contributed by atoms with Gasteiger partial charge in [-0.15, -0.1) is 11.3 Å². The number of ketones is 1. The fourth-order valence-corrected chi connectivity index (χ4v) is 3.48. The fraction of sp³-hybridized carbons (Fsp3) is 0.0833. The summed E-state index contributed by atoms with van der Waals surface area (Å²) in [5, 5.41) is 0.132.